The van der Waals surface area contributed by atoms with Crippen molar-refractivity contribution in [2.75, 3.05) is 10.6 Å². The number of anilines is 2. The lowest BCUT2D eigenvalue weighted by molar-refractivity contribution is -0.121. The standard InChI is InChI=1S/C21H23N3O2/c1-13-2-5-17(23-21(26)18-11-14-3-4-16(18)10-14)12-19(13)24-20(25)15-6-8-22-9-7-15/h2,5-9,12,14,16,18H,3-4,10-11H2,1H3,(H,23,26)(H,24,25)/t14-,16-,18-/m0/s1. The van der Waals surface area contributed by atoms with Crippen LogP contribution in [-0.4, -0.2) is 16.8 Å². The highest BCUT2D eigenvalue weighted by Crippen LogP contribution is 2.48. The normalized spacial score (nSPS) is 23.7. The monoisotopic (exact) mass is 349 g/mol. The predicted octanol–water partition coefficient (Wildman–Crippen LogP) is 4.02. The third-order valence-corrected chi connectivity index (χ3v) is 5.77. The molecule has 2 fully saturated rings. The molecule has 2 saturated carbocycles. The highest BCUT2D eigenvalue weighted by atomic mass is 16.2. The Balaban J connectivity index is 1.46. The molecule has 0 saturated heterocycles. The lowest BCUT2D eigenvalue weighted by Gasteiger charge is -2.21. The molecule has 2 amide bonds. The van der Waals surface area contributed by atoms with E-state index in [2.05, 4.69) is 15.6 Å². The summed E-state index contributed by atoms with van der Waals surface area (Å²) in [5.41, 5.74) is 2.94. The van der Waals surface area contributed by atoms with Gasteiger partial charge in [0.2, 0.25) is 5.91 Å². The minimum Gasteiger partial charge on any atom is -0.326 e. The average molecular weight is 349 g/mol. The maximum absolute atomic E-state index is 12.6. The molecule has 0 radical (unpaired) electrons. The first kappa shape index (κ1) is 16.8. The van der Waals surface area contributed by atoms with Crippen molar-refractivity contribution >= 4 is 23.2 Å². The zero-order valence-electron chi connectivity index (χ0n) is 14.9. The third-order valence-electron chi connectivity index (χ3n) is 5.77. The molecule has 4 rings (SSSR count). The van der Waals surface area contributed by atoms with E-state index in [9.17, 15) is 9.59 Å². The molecule has 0 aliphatic heterocycles. The van der Waals surface area contributed by atoms with Crippen LogP contribution in [0.5, 0.6) is 0 Å². The van der Waals surface area contributed by atoms with E-state index in [1.165, 1.54) is 19.3 Å². The van der Waals surface area contributed by atoms with Crippen molar-refractivity contribution in [2.24, 2.45) is 17.8 Å². The Kier molecular flexibility index (Phi) is 4.45. The Morgan fingerprint density at radius 1 is 1.04 bits per heavy atom. The Labute approximate surface area is 153 Å². The maximum atomic E-state index is 12.6. The van der Waals surface area contributed by atoms with Crippen LogP contribution in [0.15, 0.2) is 42.7 Å². The number of amides is 2. The van der Waals surface area contributed by atoms with Gasteiger partial charge in [-0.1, -0.05) is 12.5 Å². The molecule has 134 valence electrons. The van der Waals surface area contributed by atoms with Crippen molar-refractivity contribution < 1.29 is 9.59 Å². The number of rotatable bonds is 4. The molecule has 2 aromatic rings. The van der Waals surface area contributed by atoms with Gasteiger partial charge in [-0.2, -0.15) is 0 Å². The van der Waals surface area contributed by atoms with Gasteiger partial charge in [-0.25, -0.2) is 0 Å². The zero-order valence-corrected chi connectivity index (χ0v) is 14.9. The van der Waals surface area contributed by atoms with Crippen molar-refractivity contribution in [3.05, 3.63) is 53.9 Å². The summed E-state index contributed by atoms with van der Waals surface area (Å²) in [4.78, 5) is 28.9. The summed E-state index contributed by atoms with van der Waals surface area (Å²) in [7, 11) is 0. The molecule has 5 nitrogen and oxygen atoms in total. The summed E-state index contributed by atoms with van der Waals surface area (Å²) < 4.78 is 0. The highest BCUT2D eigenvalue weighted by molar-refractivity contribution is 6.05. The number of hydrogen-bond donors (Lipinski definition) is 2. The molecule has 2 aliphatic carbocycles. The SMILES string of the molecule is Cc1ccc(NC(=O)[C@H]2C[C@H]3CC[C@H]2C3)cc1NC(=O)c1ccncc1. The van der Waals surface area contributed by atoms with Gasteiger partial charge in [-0.3, -0.25) is 14.6 Å². The van der Waals surface area contributed by atoms with E-state index < -0.39 is 0 Å². The fourth-order valence-electron chi connectivity index (χ4n) is 4.33. The van der Waals surface area contributed by atoms with Crippen LogP contribution in [0.2, 0.25) is 0 Å². The van der Waals surface area contributed by atoms with Crippen molar-refractivity contribution in [3.63, 3.8) is 0 Å². The Hall–Kier alpha value is -2.69. The third kappa shape index (κ3) is 3.34. The first-order valence-corrected chi connectivity index (χ1v) is 9.23. The molecule has 0 spiro atoms. The average Bonchev–Trinajstić information content (AvgIpc) is 3.28. The second-order valence-electron chi connectivity index (χ2n) is 7.49. The van der Waals surface area contributed by atoms with Crippen LogP contribution in [0.3, 0.4) is 0 Å². The van der Waals surface area contributed by atoms with Gasteiger partial charge in [-0.05, 0) is 67.9 Å². The first-order valence-electron chi connectivity index (χ1n) is 9.23. The first-order chi connectivity index (χ1) is 12.6. The second kappa shape index (κ2) is 6.90. The number of fused-ring (bicyclic) bond motifs is 2. The van der Waals surface area contributed by atoms with E-state index in [0.29, 0.717) is 17.2 Å². The molecular weight excluding hydrogens is 326 g/mol. The summed E-state index contributed by atoms with van der Waals surface area (Å²) in [5, 5.41) is 5.97. The Morgan fingerprint density at radius 3 is 2.54 bits per heavy atom. The molecule has 2 bridgehead atoms. The maximum Gasteiger partial charge on any atom is 0.255 e. The lowest BCUT2D eigenvalue weighted by Crippen LogP contribution is -2.27. The lowest BCUT2D eigenvalue weighted by atomic mass is 9.88. The molecule has 1 heterocycles. The van der Waals surface area contributed by atoms with Gasteiger partial charge < -0.3 is 10.6 Å². The quantitative estimate of drug-likeness (QED) is 0.876. The number of nitrogens with zero attached hydrogens (tertiary/aromatic N) is 1. The van der Waals surface area contributed by atoms with Crippen LogP contribution < -0.4 is 10.6 Å². The number of aryl methyl sites for hydroxylation is 1. The van der Waals surface area contributed by atoms with Gasteiger partial charge in [0, 0.05) is 35.2 Å². The number of carbonyl (C=O) groups excluding carboxylic acids is 2. The summed E-state index contributed by atoms with van der Waals surface area (Å²) in [6.07, 6.45) is 7.88. The molecular formula is C21H23N3O2. The Bertz CT molecular complexity index is 834. The number of hydrogen-bond acceptors (Lipinski definition) is 3. The number of aromatic nitrogens is 1. The fourth-order valence-corrected chi connectivity index (χ4v) is 4.33. The van der Waals surface area contributed by atoms with E-state index in [1.807, 2.05) is 25.1 Å². The molecule has 26 heavy (non-hydrogen) atoms. The number of benzene rings is 1. The summed E-state index contributed by atoms with van der Waals surface area (Å²) >= 11 is 0. The van der Waals surface area contributed by atoms with E-state index >= 15 is 0 Å². The summed E-state index contributed by atoms with van der Waals surface area (Å²) in [6, 6.07) is 8.98. The molecule has 2 aliphatic rings. The summed E-state index contributed by atoms with van der Waals surface area (Å²) in [5.74, 6) is 1.37. The minimum atomic E-state index is -0.188. The van der Waals surface area contributed by atoms with Gasteiger partial charge in [0.25, 0.3) is 5.91 Å². The van der Waals surface area contributed by atoms with Crippen LogP contribution in [0.1, 0.15) is 41.6 Å². The largest absolute Gasteiger partial charge is 0.326 e. The number of nitrogens with one attached hydrogen (secondary N) is 2. The van der Waals surface area contributed by atoms with Gasteiger partial charge in [0.1, 0.15) is 0 Å². The number of carbonyl (C=O) groups is 2. The van der Waals surface area contributed by atoms with Crippen molar-refractivity contribution in [2.45, 2.75) is 32.6 Å². The fraction of sp³-hybridized carbons (Fsp3) is 0.381. The van der Waals surface area contributed by atoms with Crippen molar-refractivity contribution in [1.29, 1.82) is 0 Å². The van der Waals surface area contributed by atoms with Crippen LogP contribution >= 0.6 is 0 Å². The molecule has 2 N–H and O–H groups in total. The highest BCUT2D eigenvalue weighted by Gasteiger charge is 2.43. The van der Waals surface area contributed by atoms with Crippen LogP contribution in [0, 0.1) is 24.7 Å². The molecule has 1 aromatic carbocycles. The molecule has 1 aromatic heterocycles. The van der Waals surface area contributed by atoms with Gasteiger partial charge >= 0.3 is 0 Å². The molecule has 5 heteroatoms. The van der Waals surface area contributed by atoms with Crippen LogP contribution in [-0.2, 0) is 4.79 Å². The van der Waals surface area contributed by atoms with Crippen molar-refractivity contribution in [3.8, 4) is 0 Å². The second-order valence-corrected chi connectivity index (χ2v) is 7.49. The summed E-state index contributed by atoms with van der Waals surface area (Å²) in [6.45, 7) is 1.93. The number of pyridine rings is 1. The van der Waals surface area contributed by atoms with Crippen molar-refractivity contribution in [1.82, 2.24) is 4.98 Å². The molecule has 3 atom stereocenters. The van der Waals surface area contributed by atoms with E-state index in [-0.39, 0.29) is 17.7 Å². The van der Waals surface area contributed by atoms with E-state index in [0.717, 1.165) is 23.6 Å². The van der Waals surface area contributed by atoms with Gasteiger partial charge in [0.05, 0.1) is 0 Å². The van der Waals surface area contributed by atoms with E-state index in [1.54, 1.807) is 24.5 Å². The Morgan fingerprint density at radius 2 is 1.85 bits per heavy atom. The molecule has 0 unspecified atom stereocenters. The van der Waals surface area contributed by atoms with Gasteiger partial charge in [-0.15, -0.1) is 0 Å². The van der Waals surface area contributed by atoms with Gasteiger partial charge in [0.15, 0.2) is 0 Å². The smallest absolute Gasteiger partial charge is 0.255 e. The topological polar surface area (TPSA) is 71.1 Å². The van der Waals surface area contributed by atoms with E-state index in [4.69, 9.17) is 0 Å². The zero-order chi connectivity index (χ0) is 18.1. The van der Waals surface area contributed by atoms with Crippen LogP contribution in [0.4, 0.5) is 11.4 Å². The predicted molar refractivity (Wildman–Crippen MR) is 101 cm³/mol. The van der Waals surface area contributed by atoms with Crippen LogP contribution in [0.25, 0.3) is 0 Å². The minimum absolute atomic E-state index is 0.118.